The second kappa shape index (κ2) is 6.50. The maximum absolute atomic E-state index is 5.39. The number of nitrogens with zero attached hydrogens (tertiary/aromatic N) is 6. The summed E-state index contributed by atoms with van der Waals surface area (Å²) in [6, 6.07) is 2.82. The van der Waals surface area contributed by atoms with E-state index in [0.29, 0.717) is 36.2 Å². The number of hydrogen-bond donors (Lipinski definition) is 0. The second-order valence-corrected chi connectivity index (χ2v) is 7.69. The van der Waals surface area contributed by atoms with E-state index in [1.54, 1.807) is 13.4 Å². The third-order valence-corrected chi connectivity index (χ3v) is 6.01. The van der Waals surface area contributed by atoms with Crippen LogP contribution in [-0.2, 0) is 11.3 Å². The summed E-state index contributed by atoms with van der Waals surface area (Å²) in [4.78, 5) is 18.1. The van der Waals surface area contributed by atoms with Gasteiger partial charge in [0.15, 0.2) is 5.82 Å². The molecule has 4 heterocycles. The summed E-state index contributed by atoms with van der Waals surface area (Å²) >= 11 is 0. The van der Waals surface area contributed by atoms with Crippen molar-refractivity contribution in [1.82, 2.24) is 20.1 Å². The van der Waals surface area contributed by atoms with Gasteiger partial charge in [0.2, 0.25) is 0 Å². The highest BCUT2D eigenvalue weighted by atomic mass is 16.5. The number of rotatable bonds is 5. The minimum Gasteiger partial charge on any atom is -0.377 e. The molecular formula is C18H24N6O2. The highest BCUT2D eigenvalue weighted by molar-refractivity contribution is 5.43. The Morgan fingerprint density at radius 2 is 1.88 bits per heavy atom. The van der Waals surface area contributed by atoms with Crippen molar-refractivity contribution in [3.8, 4) is 0 Å². The summed E-state index contributed by atoms with van der Waals surface area (Å²) in [6.45, 7) is 4.35. The van der Waals surface area contributed by atoms with Crippen LogP contribution in [-0.4, -0.2) is 53.4 Å². The van der Waals surface area contributed by atoms with Crippen LogP contribution >= 0.6 is 0 Å². The SMILES string of the molecule is COCc1noc(N2CC3CN(c4cc(C5CCC5)ncn4)CC3C2)n1. The monoisotopic (exact) mass is 356 g/mol. The van der Waals surface area contributed by atoms with E-state index in [2.05, 4.69) is 36.0 Å². The van der Waals surface area contributed by atoms with E-state index in [4.69, 9.17) is 9.26 Å². The Morgan fingerprint density at radius 3 is 2.58 bits per heavy atom. The van der Waals surface area contributed by atoms with Gasteiger partial charge in [-0.2, -0.15) is 4.98 Å². The molecule has 0 radical (unpaired) electrons. The first-order valence-corrected chi connectivity index (χ1v) is 9.43. The van der Waals surface area contributed by atoms with Gasteiger partial charge in [0, 0.05) is 62.8 Å². The van der Waals surface area contributed by atoms with Gasteiger partial charge in [-0.15, -0.1) is 0 Å². The molecule has 1 aliphatic carbocycles. The fourth-order valence-corrected chi connectivity index (χ4v) is 4.36. The molecule has 8 nitrogen and oxygen atoms in total. The average Bonchev–Trinajstić information content (AvgIpc) is 3.27. The summed E-state index contributed by atoms with van der Waals surface area (Å²) in [5.74, 6) is 3.55. The molecule has 3 aliphatic rings. The van der Waals surface area contributed by atoms with E-state index in [9.17, 15) is 0 Å². The van der Waals surface area contributed by atoms with E-state index in [1.807, 2.05) is 0 Å². The Labute approximate surface area is 152 Å². The summed E-state index contributed by atoms with van der Waals surface area (Å²) in [5.41, 5.74) is 1.22. The molecule has 1 saturated carbocycles. The maximum Gasteiger partial charge on any atom is 0.324 e. The molecule has 8 heteroatoms. The average molecular weight is 356 g/mol. The molecule has 2 unspecified atom stereocenters. The van der Waals surface area contributed by atoms with E-state index >= 15 is 0 Å². The maximum atomic E-state index is 5.39. The summed E-state index contributed by atoms with van der Waals surface area (Å²) in [5, 5.41) is 3.97. The molecule has 2 atom stereocenters. The summed E-state index contributed by atoms with van der Waals surface area (Å²) < 4.78 is 10.4. The van der Waals surface area contributed by atoms with Gasteiger partial charge in [0.25, 0.3) is 0 Å². The molecule has 2 aromatic heterocycles. The van der Waals surface area contributed by atoms with Crippen LogP contribution in [0.4, 0.5) is 11.8 Å². The van der Waals surface area contributed by atoms with Gasteiger partial charge in [-0.1, -0.05) is 11.6 Å². The number of aromatic nitrogens is 4. The van der Waals surface area contributed by atoms with Crippen LogP contribution in [0.5, 0.6) is 0 Å². The first-order chi connectivity index (χ1) is 12.8. The molecule has 2 aromatic rings. The van der Waals surface area contributed by atoms with Crippen LogP contribution in [0.1, 0.15) is 36.7 Å². The van der Waals surface area contributed by atoms with E-state index < -0.39 is 0 Å². The topological polar surface area (TPSA) is 80.4 Å². The number of fused-ring (bicyclic) bond motifs is 1. The smallest absolute Gasteiger partial charge is 0.324 e. The Balaban J connectivity index is 1.24. The zero-order chi connectivity index (χ0) is 17.5. The molecule has 138 valence electrons. The molecule has 3 fully saturated rings. The lowest BCUT2D eigenvalue weighted by atomic mass is 9.83. The molecule has 2 aliphatic heterocycles. The Morgan fingerprint density at radius 1 is 1.12 bits per heavy atom. The second-order valence-electron chi connectivity index (χ2n) is 7.69. The van der Waals surface area contributed by atoms with Gasteiger partial charge in [0.1, 0.15) is 18.8 Å². The van der Waals surface area contributed by atoms with Crippen molar-refractivity contribution < 1.29 is 9.26 Å². The minimum absolute atomic E-state index is 0.384. The van der Waals surface area contributed by atoms with Crippen LogP contribution in [0, 0.1) is 11.8 Å². The highest BCUT2D eigenvalue weighted by Gasteiger charge is 2.42. The van der Waals surface area contributed by atoms with Gasteiger partial charge in [0.05, 0.1) is 0 Å². The molecule has 2 saturated heterocycles. The highest BCUT2D eigenvalue weighted by Crippen LogP contribution is 2.38. The normalized spacial score (nSPS) is 25.6. The first kappa shape index (κ1) is 16.0. The van der Waals surface area contributed by atoms with Crippen LogP contribution in [0.2, 0.25) is 0 Å². The van der Waals surface area contributed by atoms with Crippen LogP contribution < -0.4 is 9.80 Å². The lowest BCUT2D eigenvalue weighted by Gasteiger charge is -2.26. The third kappa shape index (κ3) is 2.82. The minimum atomic E-state index is 0.384. The predicted octanol–water partition coefficient (Wildman–Crippen LogP) is 1.85. The third-order valence-electron chi connectivity index (χ3n) is 6.01. The molecular weight excluding hydrogens is 332 g/mol. The van der Waals surface area contributed by atoms with Crippen molar-refractivity contribution >= 4 is 11.8 Å². The zero-order valence-electron chi connectivity index (χ0n) is 15.0. The van der Waals surface area contributed by atoms with Crippen LogP contribution in [0.15, 0.2) is 16.9 Å². The molecule has 0 aromatic carbocycles. The molecule has 26 heavy (non-hydrogen) atoms. The van der Waals surface area contributed by atoms with Crippen molar-refractivity contribution in [1.29, 1.82) is 0 Å². The summed E-state index contributed by atoms with van der Waals surface area (Å²) in [6.07, 6.45) is 5.60. The van der Waals surface area contributed by atoms with Crippen molar-refractivity contribution in [2.45, 2.75) is 31.8 Å². The molecule has 0 N–H and O–H groups in total. The van der Waals surface area contributed by atoms with Crippen molar-refractivity contribution in [3.05, 3.63) is 23.9 Å². The number of ether oxygens (including phenoxy) is 1. The van der Waals surface area contributed by atoms with E-state index in [-0.39, 0.29) is 0 Å². The van der Waals surface area contributed by atoms with Gasteiger partial charge in [-0.05, 0) is 12.8 Å². The predicted molar refractivity (Wildman–Crippen MR) is 95.0 cm³/mol. The van der Waals surface area contributed by atoms with Crippen molar-refractivity contribution in [2.24, 2.45) is 11.8 Å². The quantitative estimate of drug-likeness (QED) is 0.803. The molecule has 5 rings (SSSR count). The van der Waals surface area contributed by atoms with Crippen LogP contribution in [0.25, 0.3) is 0 Å². The van der Waals surface area contributed by atoms with E-state index in [1.165, 1.54) is 25.0 Å². The Hall–Kier alpha value is -2.22. The Kier molecular flexibility index (Phi) is 4.00. The van der Waals surface area contributed by atoms with Crippen molar-refractivity contribution in [2.75, 3.05) is 43.1 Å². The fraction of sp³-hybridized carbons (Fsp3) is 0.667. The van der Waals surface area contributed by atoms with E-state index in [0.717, 1.165) is 32.0 Å². The van der Waals surface area contributed by atoms with Gasteiger partial charge in [-0.3, -0.25) is 0 Å². The first-order valence-electron chi connectivity index (χ1n) is 9.43. The number of methoxy groups -OCH3 is 1. The van der Waals surface area contributed by atoms with Gasteiger partial charge < -0.3 is 19.1 Å². The molecule has 0 spiro atoms. The largest absolute Gasteiger partial charge is 0.377 e. The molecule has 0 bridgehead atoms. The summed E-state index contributed by atoms with van der Waals surface area (Å²) in [7, 11) is 1.63. The standard InChI is InChI=1S/C18H24N6O2/c1-25-10-16-21-18(26-22-16)24-8-13-6-23(7-14(13)9-24)17-5-15(19-11-20-17)12-3-2-4-12/h5,11-14H,2-4,6-10H2,1H3. The van der Waals surface area contributed by atoms with Gasteiger partial charge >= 0.3 is 6.01 Å². The van der Waals surface area contributed by atoms with Crippen LogP contribution in [0.3, 0.4) is 0 Å². The van der Waals surface area contributed by atoms with Gasteiger partial charge in [-0.25, -0.2) is 9.97 Å². The number of hydrogen-bond acceptors (Lipinski definition) is 8. The number of anilines is 2. The zero-order valence-corrected chi connectivity index (χ0v) is 15.0. The lowest BCUT2D eigenvalue weighted by Crippen LogP contribution is -2.29. The lowest BCUT2D eigenvalue weighted by molar-refractivity contribution is 0.174. The van der Waals surface area contributed by atoms with Crippen molar-refractivity contribution in [3.63, 3.8) is 0 Å². The molecule has 0 amide bonds. The Bertz CT molecular complexity index is 763. The fourth-order valence-electron chi connectivity index (χ4n) is 4.36.